The van der Waals surface area contributed by atoms with E-state index in [1.165, 1.54) is 0 Å². The van der Waals surface area contributed by atoms with Gasteiger partial charge >= 0.3 is 0 Å². The molecule has 10 nitrogen and oxygen atoms in total. The smallest absolute Gasteiger partial charge is 0.187 e. The van der Waals surface area contributed by atoms with Gasteiger partial charge in [-0.15, -0.1) is 0 Å². The van der Waals surface area contributed by atoms with Gasteiger partial charge in [0.05, 0.1) is 39.6 Å². The number of ether oxygens (including phenoxy) is 10. The molecule has 5 aromatic rings. The molecule has 0 radical (unpaired) electrons. The van der Waals surface area contributed by atoms with Gasteiger partial charge in [-0.3, -0.25) is 0 Å². The van der Waals surface area contributed by atoms with E-state index in [1.54, 1.807) is 7.11 Å². The van der Waals surface area contributed by atoms with Crippen molar-refractivity contribution in [3.63, 3.8) is 0 Å². The first-order valence-electron chi connectivity index (χ1n) is 20.2. The van der Waals surface area contributed by atoms with E-state index in [2.05, 4.69) is 0 Å². The topological polar surface area (TPSA) is 92.3 Å². The maximum atomic E-state index is 17.2. The molecule has 0 bridgehead atoms. The molecule has 310 valence electrons. The van der Waals surface area contributed by atoms with Crippen molar-refractivity contribution in [1.82, 2.24) is 0 Å². The Hall–Kier alpha value is -4.37. The second-order valence-corrected chi connectivity index (χ2v) is 14.8. The van der Waals surface area contributed by atoms with Crippen LogP contribution in [0, 0.1) is 0 Å². The van der Waals surface area contributed by atoms with Crippen LogP contribution in [0.25, 0.3) is 0 Å². The Morgan fingerprint density at radius 1 is 0.525 bits per heavy atom. The number of halogens is 1. The van der Waals surface area contributed by atoms with Gasteiger partial charge in [-0.2, -0.15) is 0 Å². The maximum absolute atomic E-state index is 17.2. The summed E-state index contributed by atoms with van der Waals surface area (Å²) in [5.41, 5.74) is 4.54. The summed E-state index contributed by atoms with van der Waals surface area (Å²) >= 11 is 0. The predicted octanol–water partition coefficient (Wildman–Crippen LogP) is 7.89. The number of benzene rings is 5. The van der Waals surface area contributed by atoms with Crippen LogP contribution in [0.4, 0.5) is 4.39 Å². The zero-order valence-electron chi connectivity index (χ0n) is 33.0. The molecule has 0 saturated carbocycles. The van der Waals surface area contributed by atoms with Crippen molar-refractivity contribution in [1.29, 1.82) is 0 Å². The Bertz CT molecular complexity index is 1950. The molecule has 3 saturated heterocycles. The number of rotatable bonds is 17. The zero-order chi connectivity index (χ0) is 40.2. The summed E-state index contributed by atoms with van der Waals surface area (Å²) in [5, 5.41) is 0. The van der Waals surface area contributed by atoms with Crippen LogP contribution < -0.4 is 0 Å². The van der Waals surface area contributed by atoms with Crippen LogP contribution >= 0.6 is 0 Å². The fourth-order valence-corrected chi connectivity index (χ4v) is 7.65. The third kappa shape index (κ3) is 10.7. The molecule has 11 heteroatoms. The third-order valence-electron chi connectivity index (χ3n) is 10.7. The average molecular weight is 807 g/mol. The van der Waals surface area contributed by atoms with E-state index in [1.807, 2.05) is 152 Å². The van der Waals surface area contributed by atoms with Gasteiger partial charge in [-0.05, 0) is 22.3 Å². The number of hydrogen-bond acceptors (Lipinski definition) is 10. The molecular formula is C48H51FO10. The van der Waals surface area contributed by atoms with Crippen molar-refractivity contribution in [2.45, 2.75) is 94.2 Å². The molecule has 3 heterocycles. The van der Waals surface area contributed by atoms with E-state index in [9.17, 15) is 0 Å². The first kappa shape index (κ1) is 41.4. The Balaban J connectivity index is 1.11. The van der Waals surface area contributed by atoms with Gasteiger partial charge in [0.2, 0.25) is 0 Å². The molecule has 3 aliphatic rings. The monoisotopic (exact) mass is 806 g/mol. The molecule has 0 amide bonds. The fraction of sp³-hybridized carbons (Fsp3) is 0.375. The molecular weight excluding hydrogens is 756 g/mol. The Morgan fingerprint density at radius 2 is 1.02 bits per heavy atom. The first-order chi connectivity index (χ1) is 29.1. The largest absolute Gasteiger partial charge is 0.374 e. The van der Waals surface area contributed by atoms with Crippen molar-refractivity contribution < 1.29 is 51.8 Å². The van der Waals surface area contributed by atoms with Crippen LogP contribution in [0.5, 0.6) is 0 Å². The SMILES string of the molecule is CO[C@H]1O[C@H](COCc2ccccc2)[C@@H](O[C@@H]2O[C@@H]3CO[C@@H](c4ccccc4)O[C@H]3[C@H](F)[C@@H]2OCc2ccccc2)[C@H](OCc2ccccc2)[C@H]1OCc1ccccc1. The van der Waals surface area contributed by atoms with Crippen molar-refractivity contribution in [3.05, 3.63) is 179 Å². The highest BCUT2D eigenvalue weighted by molar-refractivity contribution is 5.18. The average Bonchev–Trinajstić information content (AvgIpc) is 3.29. The van der Waals surface area contributed by atoms with Crippen molar-refractivity contribution >= 4 is 0 Å². The quantitative estimate of drug-likeness (QED) is 0.0925. The van der Waals surface area contributed by atoms with Crippen LogP contribution in [-0.4, -0.2) is 81.8 Å². The minimum Gasteiger partial charge on any atom is -0.374 e. The molecule has 0 N–H and O–H groups in total. The molecule has 59 heavy (non-hydrogen) atoms. The summed E-state index contributed by atoms with van der Waals surface area (Å²) in [7, 11) is 1.57. The predicted molar refractivity (Wildman–Crippen MR) is 215 cm³/mol. The molecule has 5 aromatic carbocycles. The van der Waals surface area contributed by atoms with E-state index >= 15 is 4.39 Å². The molecule has 3 fully saturated rings. The molecule has 0 unspecified atom stereocenters. The van der Waals surface area contributed by atoms with Gasteiger partial charge in [0.25, 0.3) is 0 Å². The highest BCUT2D eigenvalue weighted by Crippen LogP contribution is 2.39. The lowest BCUT2D eigenvalue weighted by atomic mass is 9.96. The van der Waals surface area contributed by atoms with E-state index in [0.717, 1.165) is 27.8 Å². The Labute approximate surface area is 345 Å². The van der Waals surface area contributed by atoms with E-state index < -0.39 is 67.8 Å². The number of hydrogen-bond donors (Lipinski definition) is 0. The van der Waals surface area contributed by atoms with Crippen molar-refractivity contribution in [2.75, 3.05) is 20.3 Å². The Kier molecular flexibility index (Phi) is 14.5. The zero-order valence-corrected chi connectivity index (χ0v) is 33.0. The third-order valence-corrected chi connectivity index (χ3v) is 10.7. The van der Waals surface area contributed by atoms with E-state index in [0.29, 0.717) is 6.61 Å². The lowest BCUT2D eigenvalue weighted by molar-refractivity contribution is -0.388. The van der Waals surface area contributed by atoms with E-state index in [-0.39, 0.29) is 33.0 Å². The summed E-state index contributed by atoms with van der Waals surface area (Å²) in [4.78, 5) is 0. The molecule has 0 aliphatic carbocycles. The molecule has 3 aliphatic heterocycles. The van der Waals surface area contributed by atoms with Gasteiger partial charge < -0.3 is 47.4 Å². The molecule has 0 aromatic heterocycles. The van der Waals surface area contributed by atoms with Crippen molar-refractivity contribution in [2.24, 2.45) is 0 Å². The first-order valence-corrected chi connectivity index (χ1v) is 20.2. The summed E-state index contributed by atoms with van der Waals surface area (Å²) in [6, 6.07) is 48.6. The highest BCUT2D eigenvalue weighted by Gasteiger charge is 2.55. The fourth-order valence-electron chi connectivity index (χ4n) is 7.65. The molecule has 11 atom stereocenters. The maximum Gasteiger partial charge on any atom is 0.187 e. The molecule has 8 rings (SSSR count). The second kappa shape index (κ2) is 20.7. The summed E-state index contributed by atoms with van der Waals surface area (Å²) in [6.45, 7) is 1.07. The Morgan fingerprint density at radius 3 is 1.56 bits per heavy atom. The van der Waals surface area contributed by atoms with Crippen LogP contribution in [0.2, 0.25) is 0 Å². The highest BCUT2D eigenvalue weighted by atomic mass is 19.1. The van der Waals surface area contributed by atoms with Gasteiger partial charge in [-0.1, -0.05) is 152 Å². The van der Waals surface area contributed by atoms with Crippen LogP contribution in [0.15, 0.2) is 152 Å². The van der Waals surface area contributed by atoms with Crippen molar-refractivity contribution in [3.8, 4) is 0 Å². The number of fused-ring (bicyclic) bond motifs is 1. The normalized spacial score (nSPS) is 29.4. The van der Waals surface area contributed by atoms with Crippen LogP contribution in [0.3, 0.4) is 0 Å². The van der Waals surface area contributed by atoms with Gasteiger partial charge in [0, 0.05) is 12.7 Å². The number of methoxy groups -OCH3 is 1. The lowest BCUT2D eigenvalue weighted by Crippen LogP contribution is -2.66. The minimum absolute atomic E-state index is 0.0726. The molecule has 0 spiro atoms. The summed E-state index contributed by atoms with van der Waals surface area (Å²) < 4.78 is 82.0. The second-order valence-electron chi connectivity index (χ2n) is 14.8. The van der Waals surface area contributed by atoms with Gasteiger partial charge in [0.15, 0.2) is 25.0 Å². The number of alkyl halides is 1. The van der Waals surface area contributed by atoms with Crippen LogP contribution in [-0.2, 0) is 73.8 Å². The van der Waals surface area contributed by atoms with Gasteiger partial charge in [0.1, 0.15) is 42.7 Å². The van der Waals surface area contributed by atoms with Gasteiger partial charge in [-0.25, -0.2) is 4.39 Å². The summed E-state index contributed by atoms with van der Waals surface area (Å²) in [5.74, 6) is 0. The minimum atomic E-state index is -1.66. The van der Waals surface area contributed by atoms with Crippen LogP contribution in [0.1, 0.15) is 34.1 Å². The summed E-state index contributed by atoms with van der Waals surface area (Å²) in [6.07, 6.45) is -10.8. The van der Waals surface area contributed by atoms with E-state index in [4.69, 9.17) is 47.4 Å². The lowest BCUT2D eigenvalue weighted by Gasteiger charge is -2.50. The standard InChI is InChI=1S/C48H51FO10/c1-50-47-45(54-30-36-23-13-5-14-24-36)44(53-29-35-21-11-4-12-22-35)42(38(56-47)31-51-27-33-17-7-2-8-18-33)59-48-43(52-28-34-19-9-3-10-20-34)40(49)41-39(57-48)32-55-46(58-41)37-25-15-6-16-26-37/h2-26,38-48H,27-32H2,1H3/t38-,39-,40+,41-,42-,43+,44+,45-,46-,47+,48+/m1/s1.